The van der Waals surface area contributed by atoms with Crippen LogP contribution in [-0.4, -0.2) is 47.9 Å². The first kappa shape index (κ1) is 22.2. The van der Waals surface area contributed by atoms with Crippen LogP contribution < -0.4 is 10.2 Å². The molecule has 0 aliphatic carbocycles. The maximum Gasteiger partial charge on any atom is 0.266 e. The summed E-state index contributed by atoms with van der Waals surface area (Å²) in [5, 5.41) is 14.5. The molecule has 5 heterocycles. The molecule has 9 nitrogen and oxygen atoms in total. The third-order valence-corrected chi connectivity index (χ3v) is 7.42. The first-order valence-electron chi connectivity index (χ1n) is 11.4. The fourth-order valence-electron chi connectivity index (χ4n) is 4.51. The lowest BCUT2D eigenvalue weighted by Crippen LogP contribution is -2.42. The lowest BCUT2D eigenvalue weighted by Gasteiger charge is -2.31. The summed E-state index contributed by atoms with van der Waals surface area (Å²) in [6.45, 7) is 2.91. The smallest absolute Gasteiger partial charge is 0.266 e. The van der Waals surface area contributed by atoms with Crippen LogP contribution in [0.4, 0.5) is 5.88 Å². The van der Waals surface area contributed by atoms with Crippen molar-refractivity contribution in [3.63, 3.8) is 0 Å². The Balaban J connectivity index is 1.09. The molecule has 0 aromatic carbocycles. The molecule has 2 aliphatic rings. The maximum absolute atomic E-state index is 12.7. The second kappa shape index (κ2) is 9.73. The summed E-state index contributed by atoms with van der Waals surface area (Å²) in [6.07, 6.45) is 4.01. The summed E-state index contributed by atoms with van der Waals surface area (Å²) in [5.41, 5.74) is 1.45. The number of nitrogens with zero attached hydrogens (tertiary/aromatic N) is 4. The van der Waals surface area contributed by atoms with E-state index in [1.807, 2.05) is 9.80 Å². The van der Waals surface area contributed by atoms with Crippen LogP contribution in [0.3, 0.4) is 0 Å². The Labute approximate surface area is 201 Å². The molecule has 1 fully saturated rings. The van der Waals surface area contributed by atoms with E-state index in [-0.39, 0.29) is 29.3 Å². The Kier molecular flexibility index (Phi) is 6.36. The van der Waals surface area contributed by atoms with Gasteiger partial charge in [0, 0.05) is 49.9 Å². The quantitative estimate of drug-likeness (QED) is 0.577. The summed E-state index contributed by atoms with van der Waals surface area (Å²) in [7, 11) is 0. The number of nitrogens with one attached hydrogen (secondary N) is 1. The number of thiophene rings is 1. The zero-order valence-electron chi connectivity index (χ0n) is 18.7. The third-order valence-electron chi connectivity index (χ3n) is 6.40. The van der Waals surface area contributed by atoms with E-state index < -0.39 is 0 Å². The molecule has 34 heavy (non-hydrogen) atoms. The molecule has 0 radical (unpaired) electrons. The van der Waals surface area contributed by atoms with Crippen molar-refractivity contribution in [2.75, 3.05) is 31.1 Å². The minimum Gasteiger partial charge on any atom is -0.459 e. The topological polar surface area (TPSA) is 116 Å². The van der Waals surface area contributed by atoms with Gasteiger partial charge in [-0.05, 0) is 48.4 Å². The fraction of sp³-hybridized carbons (Fsp3) is 0.417. The van der Waals surface area contributed by atoms with Gasteiger partial charge in [0.25, 0.3) is 5.89 Å². The number of nitriles is 1. The fourth-order valence-corrected chi connectivity index (χ4v) is 5.40. The minimum absolute atomic E-state index is 0.0273. The van der Waals surface area contributed by atoms with Crippen LogP contribution >= 0.6 is 11.3 Å². The highest BCUT2D eigenvalue weighted by Gasteiger charge is 2.29. The molecule has 0 bridgehead atoms. The molecular weight excluding hydrogens is 454 g/mol. The van der Waals surface area contributed by atoms with Gasteiger partial charge in [-0.25, -0.2) is 0 Å². The van der Waals surface area contributed by atoms with E-state index in [9.17, 15) is 14.9 Å². The molecule has 0 atom stereocenters. The van der Waals surface area contributed by atoms with E-state index in [4.69, 9.17) is 8.83 Å². The van der Waals surface area contributed by atoms with Gasteiger partial charge >= 0.3 is 0 Å². The number of aromatic nitrogens is 1. The molecule has 2 aliphatic heterocycles. The molecule has 176 valence electrons. The van der Waals surface area contributed by atoms with Gasteiger partial charge in [-0.2, -0.15) is 10.2 Å². The zero-order valence-corrected chi connectivity index (χ0v) is 19.5. The van der Waals surface area contributed by atoms with Gasteiger partial charge in [0.1, 0.15) is 6.07 Å². The molecule has 1 N–H and O–H groups in total. The normalized spacial score (nSPS) is 16.2. The van der Waals surface area contributed by atoms with Crippen LogP contribution in [-0.2, 0) is 22.6 Å². The average molecular weight is 480 g/mol. The van der Waals surface area contributed by atoms with E-state index in [0.29, 0.717) is 57.1 Å². The number of fused-ring (bicyclic) bond motifs is 1. The van der Waals surface area contributed by atoms with E-state index in [0.717, 1.165) is 13.0 Å². The maximum atomic E-state index is 12.7. The number of amides is 2. The SMILES string of the molecule is N#Cc1nc(-c2ccco2)oc1N1CCC(C(=O)NCCC(=O)N2CCc3sccc3C2)CC1. The highest BCUT2D eigenvalue weighted by molar-refractivity contribution is 7.10. The number of piperidine rings is 1. The van der Waals surface area contributed by atoms with Crippen molar-refractivity contribution in [2.45, 2.75) is 32.2 Å². The minimum atomic E-state index is -0.132. The Bertz CT molecular complexity index is 1200. The summed E-state index contributed by atoms with van der Waals surface area (Å²) < 4.78 is 11.1. The number of hydrogen-bond donors (Lipinski definition) is 1. The van der Waals surface area contributed by atoms with Gasteiger partial charge in [-0.1, -0.05) is 0 Å². The van der Waals surface area contributed by atoms with Crippen LogP contribution in [0.1, 0.15) is 35.4 Å². The van der Waals surface area contributed by atoms with Crippen LogP contribution in [0, 0.1) is 17.2 Å². The van der Waals surface area contributed by atoms with Crippen LogP contribution in [0.5, 0.6) is 0 Å². The van der Waals surface area contributed by atoms with Crippen molar-refractivity contribution < 1.29 is 18.4 Å². The average Bonchev–Trinajstić information content (AvgIpc) is 3.63. The van der Waals surface area contributed by atoms with Crippen LogP contribution in [0.25, 0.3) is 11.7 Å². The lowest BCUT2D eigenvalue weighted by molar-refractivity contribution is -0.132. The zero-order chi connectivity index (χ0) is 23.5. The summed E-state index contributed by atoms with van der Waals surface area (Å²) in [6, 6.07) is 7.62. The molecule has 3 aromatic rings. The second-order valence-corrected chi connectivity index (χ2v) is 9.50. The monoisotopic (exact) mass is 479 g/mol. The number of hydrogen-bond acceptors (Lipinski definition) is 8. The molecule has 0 unspecified atom stereocenters. The van der Waals surface area contributed by atoms with Crippen molar-refractivity contribution in [3.05, 3.63) is 46.0 Å². The molecule has 2 amide bonds. The van der Waals surface area contributed by atoms with E-state index >= 15 is 0 Å². The summed E-state index contributed by atoms with van der Waals surface area (Å²) in [5.74, 6) is 1.06. The highest BCUT2D eigenvalue weighted by atomic mass is 32.1. The number of carbonyl (C=O) groups is 2. The standard InChI is InChI=1S/C24H25N5O4S/c25-14-18-24(33-23(27-18)19-2-1-12-32-19)28-9-4-16(5-10-28)22(31)26-8-3-21(30)29-11-6-20-17(15-29)7-13-34-20/h1-2,7,12-13,16H,3-6,8-11,15H2,(H,26,31). The Morgan fingerprint density at radius 3 is 2.88 bits per heavy atom. The first-order valence-corrected chi connectivity index (χ1v) is 12.3. The number of carbonyl (C=O) groups excluding carboxylic acids is 2. The Morgan fingerprint density at radius 2 is 2.12 bits per heavy atom. The molecule has 1 saturated heterocycles. The number of rotatable bonds is 6. The van der Waals surface area contributed by atoms with E-state index in [1.54, 1.807) is 23.5 Å². The molecule has 10 heteroatoms. The predicted molar refractivity (Wildman–Crippen MR) is 125 cm³/mol. The van der Waals surface area contributed by atoms with Crippen molar-refractivity contribution >= 4 is 29.0 Å². The predicted octanol–water partition coefficient (Wildman–Crippen LogP) is 3.18. The molecule has 5 rings (SSSR count). The number of anilines is 1. The molecule has 3 aromatic heterocycles. The van der Waals surface area contributed by atoms with Gasteiger partial charge in [-0.3, -0.25) is 9.59 Å². The highest BCUT2D eigenvalue weighted by Crippen LogP contribution is 2.31. The van der Waals surface area contributed by atoms with Crippen molar-refractivity contribution in [1.82, 2.24) is 15.2 Å². The Morgan fingerprint density at radius 1 is 1.26 bits per heavy atom. The summed E-state index contributed by atoms with van der Waals surface area (Å²) >= 11 is 1.75. The van der Waals surface area contributed by atoms with Crippen molar-refractivity contribution in [3.8, 4) is 17.7 Å². The van der Waals surface area contributed by atoms with E-state index in [1.165, 1.54) is 16.7 Å². The van der Waals surface area contributed by atoms with Gasteiger partial charge in [0.2, 0.25) is 23.4 Å². The van der Waals surface area contributed by atoms with Crippen molar-refractivity contribution in [1.29, 1.82) is 5.26 Å². The third kappa shape index (κ3) is 4.56. The second-order valence-electron chi connectivity index (χ2n) is 8.50. The van der Waals surface area contributed by atoms with Gasteiger partial charge in [0.05, 0.1) is 6.26 Å². The van der Waals surface area contributed by atoms with Crippen LogP contribution in [0.2, 0.25) is 0 Å². The largest absolute Gasteiger partial charge is 0.459 e. The van der Waals surface area contributed by atoms with Gasteiger partial charge in [-0.15, -0.1) is 11.3 Å². The van der Waals surface area contributed by atoms with Crippen LogP contribution in [0.15, 0.2) is 38.7 Å². The van der Waals surface area contributed by atoms with Gasteiger partial charge < -0.3 is 24.0 Å². The summed E-state index contributed by atoms with van der Waals surface area (Å²) in [4.78, 5) is 34.6. The van der Waals surface area contributed by atoms with Gasteiger partial charge in [0.15, 0.2) is 5.76 Å². The Hall–Kier alpha value is -3.58. The lowest BCUT2D eigenvalue weighted by atomic mass is 9.96. The van der Waals surface area contributed by atoms with Crippen molar-refractivity contribution in [2.24, 2.45) is 5.92 Å². The first-order chi connectivity index (χ1) is 16.6. The number of furan rings is 1. The van der Waals surface area contributed by atoms with E-state index in [2.05, 4.69) is 27.8 Å². The molecular formula is C24H25N5O4S. The molecule has 0 spiro atoms. The number of oxazole rings is 1. The molecule has 0 saturated carbocycles.